The van der Waals surface area contributed by atoms with E-state index in [0.717, 1.165) is 25.5 Å². The largest absolute Gasteiger partial charge is 0.308 e. The summed E-state index contributed by atoms with van der Waals surface area (Å²) in [5.41, 5.74) is -0.363. The Morgan fingerprint density at radius 1 is 1.20 bits per heavy atom. The van der Waals surface area contributed by atoms with Crippen LogP contribution >= 0.6 is 0 Å². The van der Waals surface area contributed by atoms with Crippen molar-refractivity contribution in [2.75, 3.05) is 6.54 Å². The van der Waals surface area contributed by atoms with Gasteiger partial charge in [-0.05, 0) is 32.4 Å². The molecule has 1 atom stereocenters. The van der Waals surface area contributed by atoms with E-state index >= 15 is 0 Å². The van der Waals surface area contributed by atoms with Gasteiger partial charge in [-0.1, -0.05) is 6.07 Å². The van der Waals surface area contributed by atoms with Crippen LogP contribution in [0.15, 0.2) is 12.1 Å². The molecular weight excluding hydrogens is 203 g/mol. The summed E-state index contributed by atoms with van der Waals surface area (Å²) in [6.45, 7) is 2.57. The van der Waals surface area contributed by atoms with Gasteiger partial charge in [0, 0.05) is 11.1 Å². The van der Waals surface area contributed by atoms with Crippen LogP contribution in [0.25, 0.3) is 0 Å². The van der Waals surface area contributed by atoms with Crippen molar-refractivity contribution in [1.29, 1.82) is 0 Å². The van der Waals surface area contributed by atoms with Crippen molar-refractivity contribution in [3.8, 4) is 0 Å². The van der Waals surface area contributed by atoms with Gasteiger partial charge in [-0.15, -0.1) is 0 Å². The maximum atomic E-state index is 13.5. The normalized spacial score (nSPS) is 25.9. The first-order valence-electron chi connectivity index (χ1n) is 4.93. The van der Waals surface area contributed by atoms with Gasteiger partial charge in [-0.2, -0.15) is 0 Å². The Morgan fingerprint density at radius 2 is 1.93 bits per heavy atom. The standard InChI is InChI=1S/C11H12F3N/c1-11(5-2-6-15-11)7-3-4-8(12)10(14)9(7)13/h3-4,15H,2,5-6H2,1H3. The second-order valence-corrected chi connectivity index (χ2v) is 4.09. The molecule has 1 saturated heterocycles. The topological polar surface area (TPSA) is 12.0 Å². The Balaban J connectivity index is 2.49. The van der Waals surface area contributed by atoms with Crippen LogP contribution in [0.2, 0.25) is 0 Å². The van der Waals surface area contributed by atoms with Gasteiger partial charge in [0.15, 0.2) is 17.5 Å². The Labute approximate surface area is 86.3 Å². The monoisotopic (exact) mass is 215 g/mol. The number of halogens is 3. The first-order valence-corrected chi connectivity index (χ1v) is 4.93. The van der Waals surface area contributed by atoms with E-state index in [9.17, 15) is 13.2 Å². The van der Waals surface area contributed by atoms with Crippen LogP contribution < -0.4 is 5.32 Å². The molecule has 0 bridgehead atoms. The molecule has 0 radical (unpaired) electrons. The molecule has 0 saturated carbocycles. The highest BCUT2D eigenvalue weighted by molar-refractivity contribution is 5.28. The lowest BCUT2D eigenvalue weighted by atomic mass is 9.90. The van der Waals surface area contributed by atoms with E-state index in [0.29, 0.717) is 0 Å². The van der Waals surface area contributed by atoms with Gasteiger partial charge in [-0.25, -0.2) is 13.2 Å². The van der Waals surface area contributed by atoms with E-state index in [-0.39, 0.29) is 5.56 Å². The number of hydrogen-bond donors (Lipinski definition) is 1. The molecule has 1 aromatic rings. The second kappa shape index (κ2) is 3.52. The molecule has 15 heavy (non-hydrogen) atoms. The van der Waals surface area contributed by atoms with Crippen molar-refractivity contribution in [2.45, 2.75) is 25.3 Å². The van der Waals surface area contributed by atoms with Gasteiger partial charge in [-0.3, -0.25) is 0 Å². The van der Waals surface area contributed by atoms with Crippen LogP contribution in [0, 0.1) is 17.5 Å². The van der Waals surface area contributed by atoms with Crippen molar-refractivity contribution in [3.63, 3.8) is 0 Å². The summed E-state index contributed by atoms with van der Waals surface area (Å²) in [6, 6.07) is 2.28. The minimum Gasteiger partial charge on any atom is -0.308 e. The fraction of sp³-hybridized carbons (Fsp3) is 0.455. The zero-order chi connectivity index (χ0) is 11.1. The van der Waals surface area contributed by atoms with Gasteiger partial charge in [0.2, 0.25) is 0 Å². The molecule has 0 aromatic heterocycles. The van der Waals surface area contributed by atoms with Crippen molar-refractivity contribution >= 4 is 0 Å². The highest BCUT2D eigenvalue weighted by Gasteiger charge is 2.34. The van der Waals surface area contributed by atoms with Gasteiger partial charge < -0.3 is 5.32 Å². The van der Waals surface area contributed by atoms with E-state index in [1.807, 2.05) is 0 Å². The fourth-order valence-electron chi connectivity index (χ4n) is 2.08. The minimum atomic E-state index is -1.39. The zero-order valence-electron chi connectivity index (χ0n) is 8.41. The summed E-state index contributed by atoms with van der Waals surface area (Å²) in [5, 5.41) is 3.11. The molecule has 4 heteroatoms. The first kappa shape index (κ1) is 10.5. The van der Waals surface area contributed by atoms with Crippen LogP contribution in [0.5, 0.6) is 0 Å². The molecule has 1 fully saturated rings. The maximum absolute atomic E-state index is 13.5. The van der Waals surface area contributed by atoms with E-state index in [4.69, 9.17) is 0 Å². The van der Waals surface area contributed by atoms with Crippen molar-refractivity contribution < 1.29 is 13.2 Å². The molecule has 1 unspecified atom stereocenters. The Hall–Kier alpha value is -1.03. The second-order valence-electron chi connectivity index (χ2n) is 4.09. The highest BCUT2D eigenvalue weighted by atomic mass is 19.2. The molecule has 0 aliphatic carbocycles. The van der Waals surface area contributed by atoms with E-state index in [2.05, 4.69) is 5.32 Å². The van der Waals surface area contributed by atoms with E-state index in [1.54, 1.807) is 6.92 Å². The molecule has 2 rings (SSSR count). The number of benzene rings is 1. The Kier molecular flexibility index (Phi) is 2.46. The quantitative estimate of drug-likeness (QED) is 0.710. The SMILES string of the molecule is CC1(c2ccc(F)c(F)c2F)CCCN1. The van der Waals surface area contributed by atoms with Gasteiger partial charge in [0.25, 0.3) is 0 Å². The molecule has 1 aliphatic heterocycles. The number of rotatable bonds is 1. The smallest absolute Gasteiger partial charge is 0.194 e. The third-order valence-electron chi connectivity index (χ3n) is 3.00. The predicted molar refractivity (Wildman–Crippen MR) is 50.9 cm³/mol. The summed E-state index contributed by atoms with van der Waals surface area (Å²) in [4.78, 5) is 0. The predicted octanol–water partition coefficient (Wildman–Crippen LogP) is 2.70. The summed E-state index contributed by atoms with van der Waals surface area (Å²) in [6.07, 6.45) is 1.64. The average molecular weight is 215 g/mol. The summed E-state index contributed by atoms with van der Waals surface area (Å²) >= 11 is 0. The van der Waals surface area contributed by atoms with Crippen LogP contribution in [0.4, 0.5) is 13.2 Å². The van der Waals surface area contributed by atoms with Crippen LogP contribution in [-0.4, -0.2) is 6.54 Å². The molecule has 82 valence electrons. The highest BCUT2D eigenvalue weighted by Crippen LogP contribution is 2.33. The maximum Gasteiger partial charge on any atom is 0.194 e. The fourth-order valence-corrected chi connectivity index (χ4v) is 2.08. The van der Waals surface area contributed by atoms with Crippen LogP contribution in [0.3, 0.4) is 0 Å². The molecule has 0 spiro atoms. The Morgan fingerprint density at radius 3 is 2.53 bits per heavy atom. The lowest BCUT2D eigenvalue weighted by molar-refractivity contribution is 0.381. The number of nitrogens with one attached hydrogen (secondary N) is 1. The zero-order valence-corrected chi connectivity index (χ0v) is 8.41. The summed E-state index contributed by atoms with van der Waals surface area (Å²) < 4.78 is 39.3. The molecule has 1 aromatic carbocycles. The van der Waals surface area contributed by atoms with E-state index < -0.39 is 23.0 Å². The van der Waals surface area contributed by atoms with Gasteiger partial charge in [0.1, 0.15) is 0 Å². The molecule has 1 heterocycles. The summed E-state index contributed by atoms with van der Waals surface area (Å²) in [7, 11) is 0. The molecule has 1 nitrogen and oxygen atoms in total. The molecule has 1 N–H and O–H groups in total. The first-order chi connectivity index (χ1) is 7.04. The van der Waals surface area contributed by atoms with Gasteiger partial charge in [0.05, 0.1) is 0 Å². The van der Waals surface area contributed by atoms with Crippen molar-refractivity contribution in [1.82, 2.24) is 5.32 Å². The molecule has 1 aliphatic rings. The van der Waals surface area contributed by atoms with Crippen LogP contribution in [0.1, 0.15) is 25.3 Å². The third-order valence-corrected chi connectivity index (χ3v) is 3.00. The molecular formula is C11H12F3N. The molecule has 0 amide bonds. The third kappa shape index (κ3) is 1.63. The van der Waals surface area contributed by atoms with Crippen molar-refractivity contribution in [3.05, 3.63) is 35.1 Å². The van der Waals surface area contributed by atoms with Crippen LogP contribution in [-0.2, 0) is 5.54 Å². The lowest BCUT2D eigenvalue weighted by Gasteiger charge is -2.25. The average Bonchev–Trinajstić information content (AvgIpc) is 2.62. The summed E-state index contributed by atoms with van der Waals surface area (Å²) in [5.74, 6) is -3.60. The number of hydrogen-bond acceptors (Lipinski definition) is 1. The lowest BCUT2D eigenvalue weighted by Crippen LogP contribution is -2.34. The Bertz CT molecular complexity index is 384. The van der Waals surface area contributed by atoms with E-state index in [1.165, 1.54) is 6.07 Å². The van der Waals surface area contributed by atoms with Gasteiger partial charge >= 0.3 is 0 Å². The minimum absolute atomic E-state index is 0.207. The van der Waals surface area contributed by atoms with Crippen molar-refractivity contribution in [2.24, 2.45) is 0 Å².